The zero-order chi connectivity index (χ0) is 17.1. The lowest BCUT2D eigenvalue weighted by Crippen LogP contribution is -2.28. The number of para-hydroxylation sites is 2. The Balaban J connectivity index is 2.26. The lowest BCUT2D eigenvalue weighted by Gasteiger charge is -2.18. The zero-order valence-electron chi connectivity index (χ0n) is 14.4. The molecule has 128 valence electrons. The highest BCUT2D eigenvalue weighted by molar-refractivity contribution is 6.05. The average molecular weight is 319 g/mol. The van der Waals surface area contributed by atoms with E-state index in [4.69, 9.17) is 0 Å². The molecule has 0 aliphatic heterocycles. The second-order valence-electron chi connectivity index (χ2n) is 6.03. The van der Waals surface area contributed by atoms with Gasteiger partial charge in [-0.15, -0.1) is 0 Å². The van der Waals surface area contributed by atoms with Gasteiger partial charge in [0.2, 0.25) is 5.91 Å². The number of hydrogen-bond acceptors (Lipinski definition) is 3. The molecule has 0 aliphatic rings. The van der Waals surface area contributed by atoms with E-state index in [1.165, 1.54) is 43.1 Å². The molecule has 23 heavy (non-hydrogen) atoms. The van der Waals surface area contributed by atoms with E-state index >= 15 is 0 Å². The van der Waals surface area contributed by atoms with E-state index in [1.54, 1.807) is 25.2 Å². The zero-order valence-corrected chi connectivity index (χ0v) is 14.4. The van der Waals surface area contributed by atoms with Gasteiger partial charge in [-0.1, -0.05) is 57.6 Å². The van der Waals surface area contributed by atoms with Crippen molar-refractivity contribution in [1.29, 1.82) is 0 Å². The first-order chi connectivity index (χ1) is 11.1. The molecule has 1 amide bonds. The molecule has 0 saturated carbocycles. The largest absolute Gasteiger partial charge is 0.506 e. The van der Waals surface area contributed by atoms with Gasteiger partial charge < -0.3 is 10.0 Å². The van der Waals surface area contributed by atoms with E-state index in [9.17, 15) is 14.7 Å². The standard InChI is InChI=1S/C19H29NO3/c1-3-4-5-6-7-8-9-12-16(21)15-19(23)20(2)17-13-10-11-14-18(17)22/h10-11,13-14,22H,3-9,12,15H2,1-2H3. The molecule has 0 spiro atoms. The Morgan fingerprint density at radius 3 is 2.26 bits per heavy atom. The number of phenols is 1. The number of benzene rings is 1. The van der Waals surface area contributed by atoms with Gasteiger partial charge >= 0.3 is 0 Å². The van der Waals surface area contributed by atoms with Gasteiger partial charge in [0.25, 0.3) is 0 Å². The highest BCUT2D eigenvalue weighted by Gasteiger charge is 2.17. The number of rotatable bonds is 11. The van der Waals surface area contributed by atoms with E-state index in [1.807, 2.05) is 0 Å². The molecule has 0 aromatic heterocycles. The van der Waals surface area contributed by atoms with Crippen LogP contribution >= 0.6 is 0 Å². The van der Waals surface area contributed by atoms with Crippen LogP contribution in [0.1, 0.15) is 64.7 Å². The fourth-order valence-electron chi connectivity index (χ4n) is 2.54. The van der Waals surface area contributed by atoms with Crippen LogP contribution in [0.25, 0.3) is 0 Å². The Bertz CT molecular complexity index is 499. The third-order valence-electron chi connectivity index (χ3n) is 4.02. The van der Waals surface area contributed by atoms with Crippen molar-refractivity contribution in [2.24, 2.45) is 0 Å². The molecule has 0 heterocycles. The minimum absolute atomic E-state index is 0.0224. The van der Waals surface area contributed by atoms with Crippen LogP contribution in [-0.4, -0.2) is 23.8 Å². The number of Topliss-reactive ketones (excluding diaryl/α,β-unsaturated/α-hetero) is 1. The summed E-state index contributed by atoms with van der Waals surface area (Å²) in [5.74, 6) is -0.256. The first kappa shape index (κ1) is 19.2. The average Bonchev–Trinajstić information content (AvgIpc) is 2.53. The molecule has 0 radical (unpaired) electrons. The van der Waals surface area contributed by atoms with Crippen molar-refractivity contribution in [3.8, 4) is 5.75 Å². The molecule has 0 saturated heterocycles. The number of ketones is 1. The lowest BCUT2D eigenvalue weighted by molar-refractivity contribution is -0.126. The first-order valence-electron chi connectivity index (χ1n) is 8.62. The van der Waals surface area contributed by atoms with E-state index in [-0.39, 0.29) is 23.9 Å². The van der Waals surface area contributed by atoms with Crippen LogP contribution in [0, 0.1) is 0 Å². The number of aromatic hydroxyl groups is 1. The molecule has 0 bridgehead atoms. The van der Waals surface area contributed by atoms with Crippen LogP contribution in [0.15, 0.2) is 24.3 Å². The molecule has 0 atom stereocenters. The Morgan fingerprint density at radius 2 is 1.61 bits per heavy atom. The van der Waals surface area contributed by atoms with Crippen molar-refractivity contribution in [3.63, 3.8) is 0 Å². The summed E-state index contributed by atoms with van der Waals surface area (Å²) < 4.78 is 0. The molecule has 0 aliphatic carbocycles. The SMILES string of the molecule is CCCCCCCCCC(=O)CC(=O)N(C)c1ccccc1O. The number of hydrogen-bond donors (Lipinski definition) is 1. The molecule has 0 unspecified atom stereocenters. The molecule has 1 rings (SSSR count). The summed E-state index contributed by atoms with van der Waals surface area (Å²) in [4.78, 5) is 25.4. The molecule has 1 aromatic carbocycles. The van der Waals surface area contributed by atoms with Crippen molar-refractivity contribution in [1.82, 2.24) is 0 Å². The fraction of sp³-hybridized carbons (Fsp3) is 0.579. The van der Waals surface area contributed by atoms with Crippen molar-refractivity contribution in [3.05, 3.63) is 24.3 Å². The summed E-state index contributed by atoms with van der Waals surface area (Å²) in [6, 6.07) is 6.63. The Labute approximate surface area is 139 Å². The number of carbonyl (C=O) groups excluding carboxylic acids is 2. The maximum absolute atomic E-state index is 12.1. The number of nitrogens with zero attached hydrogens (tertiary/aromatic N) is 1. The number of anilines is 1. The van der Waals surface area contributed by atoms with Crippen LogP contribution in [0.5, 0.6) is 5.75 Å². The quantitative estimate of drug-likeness (QED) is 0.484. The second kappa shape index (κ2) is 10.8. The van der Waals surface area contributed by atoms with Crippen LogP contribution in [0.4, 0.5) is 5.69 Å². The van der Waals surface area contributed by atoms with Crippen LogP contribution in [0.3, 0.4) is 0 Å². The maximum atomic E-state index is 12.1. The number of carbonyl (C=O) groups is 2. The van der Waals surface area contributed by atoms with Crippen molar-refractivity contribution < 1.29 is 14.7 Å². The van der Waals surface area contributed by atoms with Crippen molar-refractivity contribution in [2.45, 2.75) is 64.7 Å². The van der Waals surface area contributed by atoms with Crippen molar-refractivity contribution in [2.75, 3.05) is 11.9 Å². The molecule has 0 fully saturated rings. The van der Waals surface area contributed by atoms with Gasteiger partial charge in [-0.2, -0.15) is 0 Å². The second-order valence-corrected chi connectivity index (χ2v) is 6.03. The number of amides is 1. The molecule has 4 heteroatoms. The summed E-state index contributed by atoms with van der Waals surface area (Å²) in [6.07, 6.45) is 8.48. The molecule has 4 nitrogen and oxygen atoms in total. The van der Waals surface area contributed by atoms with Gasteiger partial charge in [0, 0.05) is 13.5 Å². The predicted octanol–water partition coefficient (Wildman–Crippen LogP) is 4.45. The van der Waals surface area contributed by atoms with Gasteiger partial charge in [-0.05, 0) is 18.6 Å². The Kier molecular flexibility index (Phi) is 9.03. The predicted molar refractivity (Wildman–Crippen MR) is 93.8 cm³/mol. The first-order valence-corrected chi connectivity index (χ1v) is 8.62. The third-order valence-corrected chi connectivity index (χ3v) is 4.02. The minimum Gasteiger partial charge on any atom is -0.506 e. The molecular weight excluding hydrogens is 290 g/mol. The van der Waals surface area contributed by atoms with Crippen LogP contribution < -0.4 is 4.90 Å². The lowest BCUT2D eigenvalue weighted by atomic mass is 10.1. The summed E-state index contributed by atoms with van der Waals surface area (Å²) in [6.45, 7) is 2.20. The normalized spacial score (nSPS) is 10.5. The van der Waals surface area contributed by atoms with Crippen LogP contribution in [0.2, 0.25) is 0 Å². The minimum atomic E-state index is -0.278. The monoisotopic (exact) mass is 319 g/mol. The summed E-state index contributed by atoms with van der Waals surface area (Å²) in [5.41, 5.74) is 0.432. The molecule has 1 N–H and O–H groups in total. The third kappa shape index (κ3) is 7.31. The van der Waals surface area contributed by atoms with Crippen molar-refractivity contribution >= 4 is 17.4 Å². The van der Waals surface area contributed by atoms with E-state index in [0.29, 0.717) is 12.1 Å². The summed E-state index contributed by atoms with van der Waals surface area (Å²) >= 11 is 0. The maximum Gasteiger partial charge on any atom is 0.234 e. The molecular formula is C19H29NO3. The van der Waals surface area contributed by atoms with Gasteiger partial charge in [0.15, 0.2) is 0 Å². The van der Waals surface area contributed by atoms with Crippen LogP contribution in [-0.2, 0) is 9.59 Å². The van der Waals surface area contributed by atoms with Gasteiger partial charge in [-0.3, -0.25) is 9.59 Å². The Morgan fingerprint density at radius 1 is 1.00 bits per heavy atom. The smallest absolute Gasteiger partial charge is 0.234 e. The van der Waals surface area contributed by atoms with E-state index in [2.05, 4.69) is 6.92 Å². The number of unbranched alkanes of at least 4 members (excludes halogenated alkanes) is 6. The number of phenolic OH excluding ortho intramolecular Hbond substituents is 1. The Hall–Kier alpha value is -1.84. The highest BCUT2D eigenvalue weighted by Crippen LogP contribution is 2.25. The van der Waals surface area contributed by atoms with E-state index in [0.717, 1.165) is 12.8 Å². The fourth-order valence-corrected chi connectivity index (χ4v) is 2.54. The van der Waals surface area contributed by atoms with Gasteiger partial charge in [-0.25, -0.2) is 0 Å². The van der Waals surface area contributed by atoms with E-state index < -0.39 is 0 Å². The summed E-state index contributed by atoms with van der Waals surface area (Å²) in [5, 5.41) is 9.75. The molecule has 1 aromatic rings. The van der Waals surface area contributed by atoms with Gasteiger partial charge in [0.05, 0.1) is 12.1 Å². The summed E-state index contributed by atoms with van der Waals surface area (Å²) in [7, 11) is 1.58. The highest BCUT2D eigenvalue weighted by atomic mass is 16.3. The topological polar surface area (TPSA) is 57.6 Å². The van der Waals surface area contributed by atoms with Gasteiger partial charge in [0.1, 0.15) is 11.5 Å².